The van der Waals surface area contributed by atoms with Gasteiger partial charge in [0.2, 0.25) is 0 Å². The van der Waals surface area contributed by atoms with Crippen molar-refractivity contribution < 1.29 is 17.9 Å². The van der Waals surface area contributed by atoms with Crippen LogP contribution in [0.25, 0.3) is 0 Å². The maximum absolute atomic E-state index is 12.8. The molecule has 1 heterocycles. The quantitative estimate of drug-likeness (QED) is 0.759. The topological polar surface area (TPSA) is 63.7 Å². The molecule has 0 amide bonds. The normalized spacial score (nSPS) is 11.2. The Hall–Kier alpha value is -1.86. The van der Waals surface area contributed by atoms with Crippen molar-refractivity contribution in [3.05, 3.63) is 47.3 Å². The summed E-state index contributed by atoms with van der Waals surface area (Å²) in [5, 5.41) is 1.69. The summed E-state index contributed by atoms with van der Waals surface area (Å²) in [5.41, 5.74) is 1.36. The molecule has 0 aliphatic carbocycles. The Balaban J connectivity index is 2.44. The molecule has 1 aromatic carbocycles. The van der Waals surface area contributed by atoms with Crippen LogP contribution in [0.1, 0.15) is 12.5 Å². The molecule has 1 aromatic heterocycles. The van der Waals surface area contributed by atoms with Crippen LogP contribution in [0, 0.1) is 6.92 Å². The molecule has 0 atom stereocenters. The second kappa shape index (κ2) is 6.93. The number of carbonyl (C=O) groups excluding carboxylic acids is 1. The molecule has 0 radical (unpaired) electrons. The van der Waals surface area contributed by atoms with Gasteiger partial charge in [0.1, 0.15) is 10.8 Å². The van der Waals surface area contributed by atoms with Crippen LogP contribution >= 0.6 is 11.3 Å². The van der Waals surface area contributed by atoms with Gasteiger partial charge >= 0.3 is 5.97 Å². The molecule has 0 fully saturated rings. The Morgan fingerprint density at radius 3 is 2.64 bits per heavy atom. The van der Waals surface area contributed by atoms with Crippen molar-refractivity contribution in [2.75, 3.05) is 17.5 Å². The Bertz CT molecular complexity index is 739. The van der Waals surface area contributed by atoms with E-state index in [0.29, 0.717) is 5.69 Å². The molecule has 0 aliphatic heterocycles. The summed E-state index contributed by atoms with van der Waals surface area (Å²) in [5.74, 6) is -0.580. The molecule has 5 nitrogen and oxygen atoms in total. The lowest BCUT2D eigenvalue weighted by atomic mass is 10.2. The Labute approximate surface area is 134 Å². The summed E-state index contributed by atoms with van der Waals surface area (Å²) < 4.78 is 31.7. The number of ether oxygens (including phenoxy) is 1. The number of hydrogen-bond donors (Lipinski definition) is 0. The van der Waals surface area contributed by atoms with Gasteiger partial charge in [0.25, 0.3) is 10.0 Å². The minimum Gasteiger partial charge on any atom is -0.465 e. The number of thiophene rings is 1. The minimum atomic E-state index is -3.79. The van der Waals surface area contributed by atoms with Crippen molar-refractivity contribution >= 4 is 33.0 Å². The fourth-order valence-electron chi connectivity index (χ4n) is 1.94. The van der Waals surface area contributed by atoms with Crippen LogP contribution < -0.4 is 4.31 Å². The van der Waals surface area contributed by atoms with Gasteiger partial charge in [-0.15, -0.1) is 11.3 Å². The van der Waals surface area contributed by atoms with Crippen molar-refractivity contribution in [1.82, 2.24) is 0 Å². The highest BCUT2D eigenvalue weighted by Gasteiger charge is 2.28. The zero-order valence-corrected chi connectivity index (χ0v) is 14.0. The molecule has 0 bridgehead atoms. The zero-order chi connectivity index (χ0) is 16.2. The first-order valence-corrected chi connectivity index (χ1v) is 9.05. The van der Waals surface area contributed by atoms with E-state index >= 15 is 0 Å². The highest BCUT2D eigenvalue weighted by molar-refractivity contribution is 7.94. The van der Waals surface area contributed by atoms with Crippen LogP contribution in [-0.2, 0) is 19.6 Å². The molecular formula is C15H17NO4S2. The van der Waals surface area contributed by atoms with Crippen LogP contribution in [0.5, 0.6) is 0 Å². The molecular weight excluding hydrogens is 322 g/mol. The molecule has 2 aromatic rings. The number of anilines is 1. The smallest absolute Gasteiger partial charge is 0.326 e. The van der Waals surface area contributed by atoms with Crippen molar-refractivity contribution in [2.24, 2.45) is 0 Å². The highest BCUT2D eigenvalue weighted by atomic mass is 32.2. The monoisotopic (exact) mass is 339 g/mol. The predicted octanol–water partition coefficient (Wildman–Crippen LogP) is 2.81. The van der Waals surface area contributed by atoms with Crippen LogP contribution in [0.4, 0.5) is 5.69 Å². The van der Waals surface area contributed by atoms with Crippen molar-refractivity contribution in [1.29, 1.82) is 0 Å². The number of sulfonamides is 1. The SMILES string of the molecule is CCOC(=O)CN(c1cccc(C)c1)S(=O)(=O)c1cccs1. The molecule has 0 N–H and O–H groups in total. The minimum absolute atomic E-state index is 0.193. The van der Waals surface area contributed by atoms with Crippen LogP contribution in [0.3, 0.4) is 0 Å². The summed E-state index contributed by atoms with van der Waals surface area (Å²) in [7, 11) is -3.79. The second-order valence-electron chi connectivity index (χ2n) is 4.59. The zero-order valence-electron chi connectivity index (χ0n) is 12.4. The average molecular weight is 339 g/mol. The summed E-state index contributed by atoms with van der Waals surface area (Å²) in [6.07, 6.45) is 0. The molecule has 0 aliphatic rings. The first-order chi connectivity index (χ1) is 10.4. The van der Waals surface area contributed by atoms with E-state index in [9.17, 15) is 13.2 Å². The van der Waals surface area contributed by atoms with Gasteiger partial charge in [-0.3, -0.25) is 9.10 Å². The van der Waals surface area contributed by atoms with E-state index < -0.39 is 16.0 Å². The van der Waals surface area contributed by atoms with Gasteiger partial charge in [-0.2, -0.15) is 0 Å². The lowest BCUT2D eigenvalue weighted by Crippen LogP contribution is -2.36. The summed E-state index contributed by atoms with van der Waals surface area (Å²) >= 11 is 1.12. The average Bonchev–Trinajstić information content (AvgIpc) is 3.00. The molecule has 7 heteroatoms. The standard InChI is InChI=1S/C15H17NO4S2/c1-3-20-14(17)11-16(13-7-4-6-12(2)10-13)22(18,19)15-8-5-9-21-15/h4-10H,3,11H2,1-2H3. The number of esters is 1. The van der Waals surface area contributed by atoms with Gasteiger partial charge in [0.05, 0.1) is 12.3 Å². The fourth-order valence-corrected chi connectivity index (χ4v) is 4.45. The van der Waals surface area contributed by atoms with E-state index in [0.717, 1.165) is 21.2 Å². The fraction of sp³-hybridized carbons (Fsp3) is 0.267. The Kier molecular flexibility index (Phi) is 5.20. The van der Waals surface area contributed by atoms with E-state index in [2.05, 4.69) is 0 Å². The van der Waals surface area contributed by atoms with E-state index in [1.165, 1.54) is 6.07 Å². The van der Waals surface area contributed by atoms with Gasteiger partial charge < -0.3 is 4.74 Å². The van der Waals surface area contributed by atoms with Gasteiger partial charge in [-0.1, -0.05) is 18.2 Å². The van der Waals surface area contributed by atoms with Gasteiger partial charge in [0, 0.05) is 0 Å². The van der Waals surface area contributed by atoms with Crippen molar-refractivity contribution in [3.63, 3.8) is 0 Å². The number of carbonyl (C=O) groups is 1. The number of rotatable bonds is 6. The third-order valence-corrected chi connectivity index (χ3v) is 6.05. The van der Waals surface area contributed by atoms with Crippen LogP contribution in [0.2, 0.25) is 0 Å². The molecule has 2 rings (SSSR count). The summed E-state index contributed by atoms with van der Waals surface area (Å²) in [6, 6.07) is 10.2. The molecule has 0 spiro atoms. The maximum Gasteiger partial charge on any atom is 0.326 e. The van der Waals surface area contributed by atoms with Crippen molar-refractivity contribution in [3.8, 4) is 0 Å². The number of aryl methyl sites for hydroxylation is 1. The van der Waals surface area contributed by atoms with E-state index in [1.807, 2.05) is 13.0 Å². The lowest BCUT2D eigenvalue weighted by Gasteiger charge is -2.23. The van der Waals surface area contributed by atoms with Crippen LogP contribution in [-0.4, -0.2) is 27.5 Å². The number of benzene rings is 1. The van der Waals surface area contributed by atoms with Gasteiger partial charge in [-0.25, -0.2) is 8.42 Å². The van der Waals surface area contributed by atoms with E-state index in [4.69, 9.17) is 4.74 Å². The number of hydrogen-bond acceptors (Lipinski definition) is 5. The third kappa shape index (κ3) is 3.66. The van der Waals surface area contributed by atoms with Crippen molar-refractivity contribution in [2.45, 2.75) is 18.1 Å². The number of nitrogens with zero attached hydrogens (tertiary/aromatic N) is 1. The Morgan fingerprint density at radius 1 is 1.27 bits per heavy atom. The molecule has 0 saturated heterocycles. The first-order valence-electron chi connectivity index (χ1n) is 6.73. The Morgan fingerprint density at radius 2 is 2.05 bits per heavy atom. The molecule has 118 valence electrons. The van der Waals surface area contributed by atoms with E-state index in [-0.39, 0.29) is 17.4 Å². The first kappa shape index (κ1) is 16.5. The third-order valence-electron chi connectivity index (χ3n) is 2.91. The summed E-state index contributed by atoms with van der Waals surface area (Å²) in [6.45, 7) is 3.41. The largest absolute Gasteiger partial charge is 0.465 e. The highest BCUT2D eigenvalue weighted by Crippen LogP contribution is 2.27. The lowest BCUT2D eigenvalue weighted by molar-refractivity contribution is -0.141. The van der Waals surface area contributed by atoms with E-state index in [1.54, 1.807) is 36.6 Å². The van der Waals surface area contributed by atoms with Crippen LogP contribution in [0.15, 0.2) is 46.0 Å². The van der Waals surface area contributed by atoms with Gasteiger partial charge in [-0.05, 0) is 43.0 Å². The molecule has 0 saturated carbocycles. The second-order valence-corrected chi connectivity index (χ2v) is 7.62. The molecule has 22 heavy (non-hydrogen) atoms. The predicted molar refractivity (Wildman–Crippen MR) is 86.7 cm³/mol. The maximum atomic E-state index is 12.8. The molecule has 0 unspecified atom stereocenters. The van der Waals surface area contributed by atoms with Gasteiger partial charge in [0.15, 0.2) is 0 Å². The summed E-state index contributed by atoms with van der Waals surface area (Å²) in [4.78, 5) is 11.8.